The molecule has 3 rings (SSSR count). The van der Waals surface area contributed by atoms with E-state index in [9.17, 15) is 4.79 Å². The number of nitrogens with zero attached hydrogens (tertiary/aromatic N) is 6. The molecule has 1 N–H and O–H groups in total. The summed E-state index contributed by atoms with van der Waals surface area (Å²) >= 11 is 4.30. The number of anilines is 1. The van der Waals surface area contributed by atoms with Crippen LogP contribution in [-0.4, -0.2) is 47.3 Å². The molecule has 1 unspecified atom stereocenters. The monoisotopic (exact) mass is 407 g/mol. The fourth-order valence-corrected chi connectivity index (χ4v) is 4.63. The summed E-state index contributed by atoms with van der Waals surface area (Å²) in [6, 6.07) is 9.58. The average Bonchev–Trinajstić information content (AvgIpc) is 3.30. The van der Waals surface area contributed by atoms with Crippen molar-refractivity contribution in [2.45, 2.75) is 35.0 Å². The SMILES string of the molecule is CCSc1nnc(NC(=O)C(CC)Sc2nnnn2-c2ccccc2)s1. The Labute approximate surface area is 163 Å². The van der Waals surface area contributed by atoms with Gasteiger partial charge in [0, 0.05) is 0 Å². The van der Waals surface area contributed by atoms with E-state index in [0.717, 1.165) is 15.8 Å². The second kappa shape index (κ2) is 9.10. The zero-order valence-electron chi connectivity index (χ0n) is 14.2. The third kappa shape index (κ3) is 4.59. The molecular formula is C15H17N7OS3. The summed E-state index contributed by atoms with van der Waals surface area (Å²) in [6.07, 6.45) is 0.632. The molecule has 1 aromatic carbocycles. The fraction of sp³-hybridized carbons (Fsp3) is 0.333. The molecule has 0 aliphatic rings. The molecule has 0 saturated carbocycles. The van der Waals surface area contributed by atoms with Crippen molar-refractivity contribution in [1.29, 1.82) is 0 Å². The smallest absolute Gasteiger partial charge is 0.239 e. The van der Waals surface area contributed by atoms with Crippen LogP contribution in [0.15, 0.2) is 39.8 Å². The number of aromatic nitrogens is 6. The predicted octanol–water partition coefficient (Wildman–Crippen LogP) is 3.14. The van der Waals surface area contributed by atoms with Crippen molar-refractivity contribution in [2.24, 2.45) is 0 Å². The minimum absolute atomic E-state index is 0.135. The summed E-state index contributed by atoms with van der Waals surface area (Å²) in [5, 5.41) is 23.5. The minimum Gasteiger partial charge on any atom is -0.300 e. The van der Waals surface area contributed by atoms with Gasteiger partial charge in [-0.1, -0.05) is 66.9 Å². The average molecular weight is 408 g/mol. The molecule has 0 aliphatic carbocycles. The maximum atomic E-state index is 12.6. The van der Waals surface area contributed by atoms with Gasteiger partial charge in [-0.2, -0.15) is 4.68 Å². The van der Waals surface area contributed by atoms with Gasteiger partial charge >= 0.3 is 0 Å². The van der Waals surface area contributed by atoms with Crippen molar-refractivity contribution < 1.29 is 4.79 Å². The van der Waals surface area contributed by atoms with E-state index < -0.39 is 0 Å². The molecule has 0 saturated heterocycles. The van der Waals surface area contributed by atoms with Gasteiger partial charge < -0.3 is 0 Å². The van der Waals surface area contributed by atoms with Crippen LogP contribution in [0.2, 0.25) is 0 Å². The minimum atomic E-state index is -0.338. The van der Waals surface area contributed by atoms with Crippen LogP contribution in [0.25, 0.3) is 5.69 Å². The lowest BCUT2D eigenvalue weighted by Crippen LogP contribution is -2.25. The van der Waals surface area contributed by atoms with Gasteiger partial charge in [-0.3, -0.25) is 10.1 Å². The Morgan fingerprint density at radius 2 is 2.04 bits per heavy atom. The first-order chi connectivity index (χ1) is 12.7. The highest BCUT2D eigenvalue weighted by Gasteiger charge is 2.23. The molecule has 1 atom stereocenters. The highest BCUT2D eigenvalue weighted by Crippen LogP contribution is 2.28. The van der Waals surface area contributed by atoms with Gasteiger partial charge in [-0.15, -0.1) is 15.3 Å². The third-order valence-electron chi connectivity index (χ3n) is 3.26. The third-order valence-corrected chi connectivity index (χ3v) is 6.41. The van der Waals surface area contributed by atoms with Gasteiger partial charge in [-0.25, -0.2) is 0 Å². The molecule has 1 amide bonds. The molecule has 0 aliphatic heterocycles. The number of para-hydroxylation sites is 1. The van der Waals surface area contributed by atoms with E-state index in [4.69, 9.17) is 0 Å². The maximum Gasteiger partial charge on any atom is 0.239 e. The van der Waals surface area contributed by atoms with Crippen LogP contribution in [0, 0.1) is 0 Å². The summed E-state index contributed by atoms with van der Waals surface area (Å²) in [7, 11) is 0. The number of nitrogens with one attached hydrogen (secondary N) is 1. The van der Waals surface area contributed by atoms with Crippen LogP contribution in [0.5, 0.6) is 0 Å². The van der Waals surface area contributed by atoms with Crippen molar-refractivity contribution >= 4 is 45.9 Å². The Morgan fingerprint density at radius 1 is 1.23 bits per heavy atom. The van der Waals surface area contributed by atoms with Gasteiger partial charge in [0.05, 0.1) is 10.9 Å². The fourth-order valence-electron chi connectivity index (χ4n) is 2.06. The summed E-state index contributed by atoms with van der Waals surface area (Å²) in [5.41, 5.74) is 0.848. The van der Waals surface area contributed by atoms with Gasteiger partial charge in [0.15, 0.2) is 4.34 Å². The van der Waals surface area contributed by atoms with Crippen LogP contribution in [-0.2, 0) is 4.79 Å². The van der Waals surface area contributed by atoms with Crippen molar-refractivity contribution in [1.82, 2.24) is 30.4 Å². The Morgan fingerprint density at radius 3 is 2.77 bits per heavy atom. The quantitative estimate of drug-likeness (QED) is 0.449. The van der Waals surface area contributed by atoms with E-state index in [1.165, 1.54) is 23.1 Å². The Balaban J connectivity index is 1.69. The molecule has 0 radical (unpaired) electrons. The van der Waals surface area contributed by atoms with Crippen molar-refractivity contribution in [3.8, 4) is 5.69 Å². The largest absolute Gasteiger partial charge is 0.300 e. The van der Waals surface area contributed by atoms with Crippen molar-refractivity contribution in [3.05, 3.63) is 30.3 Å². The molecule has 0 fully saturated rings. The first-order valence-corrected chi connectivity index (χ1v) is 10.7. The zero-order chi connectivity index (χ0) is 18.4. The molecule has 11 heteroatoms. The number of benzene rings is 1. The summed E-state index contributed by atoms with van der Waals surface area (Å²) in [5.74, 6) is 0.780. The second-order valence-corrected chi connectivity index (χ2v) is 8.68. The Kier molecular flexibility index (Phi) is 6.58. The Bertz CT molecular complexity index is 852. The molecule has 2 heterocycles. The number of thioether (sulfide) groups is 2. The number of carbonyl (C=O) groups excluding carboxylic acids is 1. The van der Waals surface area contributed by atoms with Crippen molar-refractivity contribution in [3.63, 3.8) is 0 Å². The lowest BCUT2D eigenvalue weighted by molar-refractivity contribution is -0.115. The van der Waals surface area contributed by atoms with Gasteiger partial charge in [0.1, 0.15) is 0 Å². The number of rotatable bonds is 8. The molecule has 3 aromatic rings. The van der Waals surface area contributed by atoms with Crippen LogP contribution < -0.4 is 5.32 Å². The van der Waals surface area contributed by atoms with Crippen LogP contribution in [0.3, 0.4) is 0 Å². The summed E-state index contributed by atoms with van der Waals surface area (Å²) in [6.45, 7) is 4.00. The number of amides is 1. The van der Waals surface area contributed by atoms with Crippen LogP contribution in [0.1, 0.15) is 20.3 Å². The summed E-state index contributed by atoms with van der Waals surface area (Å²) < 4.78 is 2.47. The van der Waals surface area contributed by atoms with E-state index in [-0.39, 0.29) is 11.2 Å². The van der Waals surface area contributed by atoms with E-state index in [2.05, 4.69) is 31.0 Å². The first kappa shape index (κ1) is 18.8. The number of carbonyl (C=O) groups is 1. The highest BCUT2D eigenvalue weighted by molar-refractivity contribution is 8.01. The lowest BCUT2D eigenvalue weighted by atomic mass is 10.3. The molecule has 136 valence electrons. The van der Waals surface area contributed by atoms with E-state index in [1.807, 2.05) is 44.2 Å². The van der Waals surface area contributed by atoms with Crippen LogP contribution >= 0.6 is 34.9 Å². The standard InChI is InChI=1S/C15H17N7OS3/c1-3-11(12(23)16-13-17-19-15(26-13)24-4-2)25-14-18-20-21-22(14)10-8-6-5-7-9-10/h5-9,11H,3-4H2,1-2H3,(H,16,17,23). The van der Waals surface area contributed by atoms with Crippen molar-refractivity contribution in [2.75, 3.05) is 11.1 Å². The van der Waals surface area contributed by atoms with Crippen LogP contribution in [0.4, 0.5) is 5.13 Å². The second-order valence-electron chi connectivity index (χ2n) is 5.02. The molecule has 2 aromatic heterocycles. The highest BCUT2D eigenvalue weighted by atomic mass is 32.2. The Hall–Kier alpha value is -1.98. The molecule has 0 spiro atoms. The predicted molar refractivity (Wildman–Crippen MR) is 104 cm³/mol. The normalized spacial score (nSPS) is 12.1. The van der Waals surface area contributed by atoms with E-state index in [1.54, 1.807) is 16.4 Å². The first-order valence-electron chi connectivity index (χ1n) is 7.98. The zero-order valence-corrected chi connectivity index (χ0v) is 16.6. The molecule has 8 nitrogen and oxygen atoms in total. The molecular weight excluding hydrogens is 390 g/mol. The van der Waals surface area contributed by atoms with E-state index >= 15 is 0 Å². The van der Waals surface area contributed by atoms with Gasteiger partial charge in [0.25, 0.3) is 0 Å². The number of hydrogen-bond acceptors (Lipinski definition) is 9. The molecule has 0 bridgehead atoms. The van der Waals surface area contributed by atoms with Gasteiger partial charge in [-0.05, 0) is 34.7 Å². The number of tetrazole rings is 1. The topological polar surface area (TPSA) is 98.5 Å². The van der Waals surface area contributed by atoms with E-state index in [0.29, 0.717) is 16.7 Å². The lowest BCUT2D eigenvalue weighted by Gasteiger charge is -2.12. The maximum absolute atomic E-state index is 12.6. The number of hydrogen-bond donors (Lipinski definition) is 1. The molecule has 26 heavy (non-hydrogen) atoms. The summed E-state index contributed by atoms with van der Waals surface area (Å²) in [4.78, 5) is 12.6. The van der Waals surface area contributed by atoms with Gasteiger partial charge in [0.2, 0.25) is 16.2 Å².